The highest BCUT2D eigenvalue weighted by Gasteiger charge is 2.29. The Labute approximate surface area is 144 Å². The Morgan fingerprint density at radius 2 is 1.54 bits per heavy atom. The Morgan fingerprint density at radius 1 is 0.962 bits per heavy atom. The third-order valence-corrected chi connectivity index (χ3v) is 3.30. The lowest BCUT2D eigenvalue weighted by molar-refractivity contribution is -0.384. The highest BCUT2D eigenvalue weighted by atomic mass is 19.4. The molecule has 0 saturated carbocycles. The fourth-order valence-corrected chi connectivity index (χ4v) is 1.97. The summed E-state index contributed by atoms with van der Waals surface area (Å²) in [5.74, 6) is -1.33. The molecule has 7 nitrogen and oxygen atoms in total. The molecule has 2 rings (SSSR count). The van der Waals surface area contributed by atoms with Crippen molar-refractivity contribution in [3.8, 4) is 0 Å². The highest BCUT2D eigenvalue weighted by Crippen LogP contribution is 2.29. The number of non-ortho nitro benzene ring substituents is 1. The number of hydrogen-bond acceptors (Lipinski definition) is 4. The minimum atomic E-state index is -4.46. The van der Waals surface area contributed by atoms with Gasteiger partial charge in [-0.2, -0.15) is 13.2 Å². The van der Waals surface area contributed by atoms with Crippen molar-refractivity contribution in [3.63, 3.8) is 0 Å². The average molecular weight is 367 g/mol. The molecule has 0 aliphatic heterocycles. The van der Waals surface area contributed by atoms with Crippen molar-refractivity contribution in [2.24, 2.45) is 0 Å². The maximum Gasteiger partial charge on any atom is 0.416 e. The quantitative estimate of drug-likeness (QED) is 0.641. The van der Waals surface area contributed by atoms with Gasteiger partial charge in [0.15, 0.2) is 0 Å². The Kier molecular flexibility index (Phi) is 5.55. The van der Waals surface area contributed by atoms with E-state index in [0.717, 1.165) is 24.3 Å². The molecule has 0 spiro atoms. The molecule has 0 aromatic heterocycles. The Morgan fingerprint density at radius 3 is 2.04 bits per heavy atom. The van der Waals surface area contributed by atoms with Crippen molar-refractivity contribution >= 4 is 17.5 Å². The molecule has 0 radical (unpaired) electrons. The number of nitrogens with zero attached hydrogens (tertiary/aromatic N) is 1. The molecule has 2 aromatic rings. The molecule has 26 heavy (non-hydrogen) atoms. The van der Waals surface area contributed by atoms with Gasteiger partial charge in [0.25, 0.3) is 11.6 Å². The number of rotatable bonds is 4. The molecule has 0 bridgehead atoms. The third-order valence-electron chi connectivity index (χ3n) is 3.30. The monoisotopic (exact) mass is 367 g/mol. The first-order valence-corrected chi connectivity index (χ1v) is 7.16. The van der Waals surface area contributed by atoms with E-state index in [9.17, 15) is 32.9 Å². The zero-order valence-corrected chi connectivity index (χ0v) is 13.0. The number of alkyl halides is 3. The number of halogens is 3. The van der Waals surface area contributed by atoms with Crippen LogP contribution in [0.2, 0.25) is 0 Å². The molecule has 0 heterocycles. The summed E-state index contributed by atoms with van der Waals surface area (Å²) in [6.07, 6.45) is -4.70. The lowest BCUT2D eigenvalue weighted by Gasteiger charge is -2.09. The molecule has 2 aromatic carbocycles. The number of nitrogens with one attached hydrogen (secondary N) is 2. The largest absolute Gasteiger partial charge is 0.416 e. The maximum absolute atomic E-state index is 12.5. The van der Waals surface area contributed by atoms with Gasteiger partial charge in [-0.1, -0.05) is 12.1 Å². The minimum absolute atomic E-state index is 0.0884. The minimum Gasteiger partial charge on any atom is -0.273 e. The topological polar surface area (TPSA) is 101 Å². The van der Waals surface area contributed by atoms with Gasteiger partial charge < -0.3 is 0 Å². The lowest BCUT2D eigenvalue weighted by Crippen LogP contribution is -2.42. The van der Waals surface area contributed by atoms with Gasteiger partial charge in [-0.3, -0.25) is 30.6 Å². The summed E-state index contributed by atoms with van der Waals surface area (Å²) < 4.78 is 37.4. The molecule has 136 valence electrons. The van der Waals surface area contributed by atoms with E-state index >= 15 is 0 Å². The van der Waals surface area contributed by atoms with Crippen molar-refractivity contribution in [1.82, 2.24) is 10.9 Å². The summed E-state index contributed by atoms with van der Waals surface area (Å²) in [7, 11) is 0. The molecule has 2 N–H and O–H groups in total. The average Bonchev–Trinajstić information content (AvgIpc) is 2.59. The number of hydrazine groups is 1. The van der Waals surface area contributed by atoms with Gasteiger partial charge >= 0.3 is 6.18 Å². The Hall–Kier alpha value is -3.43. The van der Waals surface area contributed by atoms with Crippen molar-refractivity contribution in [2.75, 3.05) is 0 Å². The molecular formula is C16H12F3N3O4. The summed E-state index contributed by atoms with van der Waals surface area (Å²) in [6.45, 7) is 0. The van der Waals surface area contributed by atoms with Gasteiger partial charge in [-0.05, 0) is 29.8 Å². The van der Waals surface area contributed by atoms with Crippen LogP contribution in [0.4, 0.5) is 18.9 Å². The number of nitro benzene ring substituents is 1. The normalized spacial score (nSPS) is 10.9. The van der Waals surface area contributed by atoms with Crippen LogP contribution in [-0.2, 0) is 17.4 Å². The molecule has 10 heteroatoms. The molecule has 0 atom stereocenters. The maximum atomic E-state index is 12.5. The highest BCUT2D eigenvalue weighted by molar-refractivity contribution is 5.95. The fourth-order valence-electron chi connectivity index (χ4n) is 1.97. The van der Waals surface area contributed by atoms with Gasteiger partial charge in [0.05, 0.1) is 16.9 Å². The zero-order chi connectivity index (χ0) is 19.3. The lowest BCUT2D eigenvalue weighted by atomic mass is 10.1. The zero-order valence-electron chi connectivity index (χ0n) is 13.0. The number of carbonyl (C=O) groups excluding carboxylic acids is 2. The van der Waals surface area contributed by atoms with E-state index < -0.39 is 28.5 Å². The van der Waals surface area contributed by atoms with Crippen molar-refractivity contribution < 1.29 is 27.7 Å². The predicted octanol–water partition coefficient (Wildman–Crippen LogP) is 2.62. The van der Waals surface area contributed by atoms with Gasteiger partial charge in [0.2, 0.25) is 5.91 Å². The molecule has 0 aliphatic carbocycles. The molecule has 0 unspecified atom stereocenters. The Bertz CT molecular complexity index is 818. The number of carbonyl (C=O) groups is 2. The summed E-state index contributed by atoms with van der Waals surface area (Å²) in [4.78, 5) is 33.5. The predicted molar refractivity (Wildman–Crippen MR) is 83.9 cm³/mol. The van der Waals surface area contributed by atoms with E-state index in [0.29, 0.717) is 5.56 Å². The summed E-state index contributed by atoms with van der Waals surface area (Å²) in [5, 5.41) is 10.5. The van der Waals surface area contributed by atoms with E-state index in [2.05, 4.69) is 10.9 Å². The van der Waals surface area contributed by atoms with Crippen LogP contribution in [0.1, 0.15) is 21.5 Å². The van der Waals surface area contributed by atoms with Crippen LogP contribution < -0.4 is 10.9 Å². The number of hydrogen-bond donors (Lipinski definition) is 2. The first kappa shape index (κ1) is 18.9. The van der Waals surface area contributed by atoms with Crippen molar-refractivity contribution in [1.29, 1.82) is 0 Å². The van der Waals surface area contributed by atoms with Gasteiger partial charge in [0.1, 0.15) is 0 Å². The van der Waals surface area contributed by atoms with Crippen LogP contribution in [0, 0.1) is 10.1 Å². The van der Waals surface area contributed by atoms with Crippen LogP contribution in [0.5, 0.6) is 0 Å². The molecule has 0 fully saturated rings. The number of nitro groups is 1. The standard InChI is InChI=1S/C16H12F3N3O4/c17-16(18,19)12-5-1-10(2-6-12)9-14(23)20-21-15(24)11-3-7-13(8-4-11)22(25)26/h1-8H,9H2,(H,20,23)(H,21,24). The molecular weight excluding hydrogens is 355 g/mol. The summed E-state index contributed by atoms with van der Waals surface area (Å²) in [6, 6.07) is 8.76. The van der Waals surface area contributed by atoms with Crippen LogP contribution >= 0.6 is 0 Å². The van der Waals surface area contributed by atoms with E-state index in [4.69, 9.17) is 0 Å². The summed E-state index contributed by atoms with van der Waals surface area (Å²) in [5.41, 5.74) is 3.64. The number of amides is 2. The third kappa shape index (κ3) is 5.03. The smallest absolute Gasteiger partial charge is 0.273 e. The van der Waals surface area contributed by atoms with E-state index in [-0.39, 0.29) is 17.7 Å². The van der Waals surface area contributed by atoms with E-state index in [1.807, 2.05) is 0 Å². The SMILES string of the molecule is O=C(Cc1ccc(C(F)(F)F)cc1)NNC(=O)c1ccc([N+](=O)[O-])cc1. The van der Waals surface area contributed by atoms with E-state index in [1.165, 1.54) is 24.3 Å². The van der Waals surface area contributed by atoms with Crippen molar-refractivity contribution in [3.05, 3.63) is 75.3 Å². The van der Waals surface area contributed by atoms with Gasteiger partial charge in [0, 0.05) is 17.7 Å². The van der Waals surface area contributed by atoms with Crippen LogP contribution in [-0.4, -0.2) is 16.7 Å². The van der Waals surface area contributed by atoms with Gasteiger partial charge in [-0.15, -0.1) is 0 Å². The molecule has 2 amide bonds. The summed E-state index contributed by atoms with van der Waals surface area (Å²) >= 11 is 0. The Balaban J connectivity index is 1.88. The first-order valence-electron chi connectivity index (χ1n) is 7.16. The second kappa shape index (κ2) is 7.64. The second-order valence-electron chi connectivity index (χ2n) is 5.18. The second-order valence-corrected chi connectivity index (χ2v) is 5.18. The van der Waals surface area contributed by atoms with Gasteiger partial charge in [-0.25, -0.2) is 0 Å². The van der Waals surface area contributed by atoms with Crippen LogP contribution in [0.15, 0.2) is 48.5 Å². The first-order chi connectivity index (χ1) is 12.2. The fraction of sp³-hybridized carbons (Fsp3) is 0.125. The van der Waals surface area contributed by atoms with Crippen LogP contribution in [0.3, 0.4) is 0 Å². The molecule has 0 saturated heterocycles. The van der Waals surface area contributed by atoms with Crippen LogP contribution in [0.25, 0.3) is 0 Å². The van der Waals surface area contributed by atoms with E-state index in [1.54, 1.807) is 0 Å². The molecule has 0 aliphatic rings. The van der Waals surface area contributed by atoms with Crippen molar-refractivity contribution in [2.45, 2.75) is 12.6 Å². The number of benzene rings is 2.